The monoisotopic (exact) mass is 545 g/mol. The number of carbonyl (C=O) groups excluding carboxylic acids is 1. The van der Waals surface area contributed by atoms with Crippen LogP contribution in [0.2, 0.25) is 10.0 Å². The number of halogens is 3. The van der Waals surface area contributed by atoms with Crippen molar-refractivity contribution in [3.8, 4) is 0 Å². The highest BCUT2D eigenvalue weighted by Crippen LogP contribution is 2.39. The van der Waals surface area contributed by atoms with E-state index in [2.05, 4.69) is 9.89 Å². The summed E-state index contributed by atoms with van der Waals surface area (Å²) in [5.74, 6) is -1.33. The lowest BCUT2D eigenvalue weighted by Crippen LogP contribution is -2.53. The number of anilines is 1. The normalized spacial score (nSPS) is 19.4. The fraction of sp³-hybridized carbons (Fsp3) is 0.280. The standard InChI is InChI=1S/C25H22Cl2FN5O4/c1-14-22(24(35)31-10-8-30(9-11-31)17-5-3-16(28)4-6-17)23(15-2-7-18(26)19(27)12-15)32-20(29-14)13-21(34)33(32)25(36)37/h2-7,12-13,22-23H,8-11H2,1H3,(H,36,37). The summed E-state index contributed by atoms with van der Waals surface area (Å²) < 4.78 is 15.1. The third-order valence-electron chi connectivity index (χ3n) is 6.75. The van der Waals surface area contributed by atoms with Crippen LogP contribution in [-0.4, -0.2) is 63.3 Å². The van der Waals surface area contributed by atoms with Gasteiger partial charge in [0.15, 0.2) is 5.82 Å². The Morgan fingerprint density at radius 3 is 2.30 bits per heavy atom. The van der Waals surface area contributed by atoms with Crippen molar-refractivity contribution < 1.29 is 19.1 Å². The number of piperazine rings is 1. The molecule has 0 bridgehead atoms. The molecule has 2 aliphatic heterocycles. The van der Waals surface area contributed by atoms with Gasteiger partial charge in [0.1, 0.15) is 11.7 Å². The zero-order valence-corrected chi connectivity index (χ0v) is 21.2. The van der Waals surface area contributed by atoms with Gasteiger partial charge in [0.2, 0.25) is 5.91 Å². The molecule has 2 atom stereocenters. The van der Waals surface area contributed by atoms with Crippen molar-refractivity contribution in [1.29, 1.82) is 0 Å². The molecule has 12 heteroatoms. The fourth-order valence-electron chi connectivity index (χ4n) is 4.98. The minimum absolute atomic E-state index is 0.131. The molecule has 1 N–H and O–H groups in total. The van der Waals surface area contributed by atoms with Crippen LogP contribution in [-0.2, 0) is 4.79 Å². The molecule has 3 aromatic rings. The number of amides is 1. The quantitative estimate of drug-likeness (QED) is 0.529. The maximum Gasteiger partial charge on any atom is 0.434 e. The average molecular weight is 546 g/mol. The van der Waals surface area contributed by atoms with Crippen molar-refractivity contribution in [2.45, 2.75) is 13.0 Å². The van der Waals surface area contributed by atoms with Crippen LogP contribution in [0.3, 0.4) is 0 Å². The van der Waals surface area contributed by atoms with E-state index in [0.29, 0.717) is 47.2 Å². The Hall–Kier alpha value is -3.63. The first-order chi connectivity index (χ1) is 17.7. The van der Waals surface area contributed by atoms with Crippen molar-refractivity contribution >= 4 is 52.4 Å². The largest absolute Gasteiger partial charge is 0.463 e. The molecule has 1 saturated heterocycles. The first kappa shape index (κ1) is 25.0. The maximum absolute atomic E-state index is 14.0. The minimum Gasteiger partial charge on any atom is -0.463 e. The molecule has 1 amide bonds. The molecule has 192 valence electrons. The highest BCUT2D eigenvalue weighted by molar-refractivity contribution is 6.42. The molecule has 5 rings (SSSR count). The van der Waals surface area contributed by atoms with Crippen molar-refractivity contribution in [2.24, 2.45) is 10.9 Å². The number of aromatic nitrogens is 2. The molecule has 0 saturated carbocycles. The summed E-state index contributed by atoms with van der Waals surface area (Å²) in [7, 11) is 0. The van der Waals surface area contributed by atoms with E-state index in [9.17, 15) is 23.9 Å². The van der Waals surface area contributed by atoms with Crippen LogP contribution < -0.4 is 10.5 Å². The number of carboxylic acid groups (broad SMARTS) is 1. The van der Waals surface area contributed by atoms with Crippen LogP contribution in [0.4, 0.5) is 20.7 Å². The Morgan fingerprint density at radius 1 is 1.00 bits per heavy atom. The molecule has 2 aliphatic rings. The lowest BCUT2D eigenvalue weighted by molar-refractivity contribution is -0.134. The second-order valence-electron chi connectivity index (χ2n) is 8.92. The first-order valence-electron chi connectivity index (χ1n) is 11.5. The molecule has 1 aromatic heterocycles. The maximum atomic E-state index is 14.0. The van der Waals surface area contributed by atoms with E-state index < -0.39 is 23.6 Å². The summed E-state index contributed by atoms with van der Waals surface area (Å²) in [4.78, 5) is 46.7. The van der Waals surface area contributed by atoms with Gasteiger partial charge in [-0.3, -0.25) is 9.59 Å². The molecule has 9 nitrogen and oxygen atoms in total. The molecule has 0 radical (unpaired) electrons. The van der Waals surface area contributed by atoms with Gasteiger partial charge in [0.25, 0.3) is 5.56 Å². The second-order valence-corrected chi connectivity index (χ2v) is 9.73. The predicted octanol–water partition coefficient (Wildman–Crippen LogP) is 4.28. The summed E-state index contributed by atoms with van der Waals surface area (Å²) >= 11 is 12.4. The van der Waals surface area contributed by atoms with Gasteiger partial charge in [-0.1, -0.05) is 29.3 Å². The van der Waals surface area contributed by atoms with E-state index in [4.69, 9.17) is 23.2 Å². The number of nitrogens with zero attached hydrogens (tertiary/aromatic N) is 5. The number of hydrogen-bond acceptors (Lipinski definition) is 5. The molecular formula is C25H22Cl2FN5O4. The smallest absolute Gasteiger partial charge is 0.434 e. The van der Waals surface area contributed by atoms with Crippen LogP contribution in [0, 0.1) is 11.7 Å². The van der Waals surface area contributed by atoms with E-state index in [-0.39, 0.29) is 22.6 Å². The molecule has 0 aliphatic carbocycles. The third-order valence-corrected chi connectivity index (χ3v) is 7.49. The van der Waals surface area contributed by atoms with Crippen LogP contribution in [0.1, 0.15) is 18.5 Å². The zero-order valence-electron chi connectivity index (χ0n) is 19.6. The molecular weight excluding hydrogens is 524 g/mol. The Balaban J connectivity index is 1.51. The summed E-state index contributed by atoms with van der Waals surface area (Å²) in [6.07, 6.45) is -1.49. The van der Waals surface area contributed by atoms with E-state index in [1.807, 2.05) is 0 Å². The Morgan fingerprint density at radius 2 is 1.68 bits per heavy atom. The van der Waals surface area contributed by atoms with Crippen molar-refractivity contribution in [3.63, 3.8) is 0 Å². The summed E-state index contributed by atoms with van der Waals surface area (Å²) in [5, 5.41) is 10.3. The Kier molecular flexibility index (Phi) is 6.55. The van der Waals surface area contributed by atoms with Crippen LogP contribution in [0.15, 0.2) is 58.3 Å². The van der Waals surface area contributed by atoms with Crippen molar-refractivity contribution in [2.75, 3.05) is 31.1 Å². The van der Waals surface area contributed by atoms with Gasteiger partial charge >= 0.3 is 6.09 Å². The predicted molar refractivity (Wildman–Crippen MR) is 138 cm³/mol. The van der Waals surface area contributed by atoms with Crippen LogP contribution in [0.5, 0.6) is 0 Å². The lowest BCUT2D eigenvalue weighted by atomic mass is 9.87. The van der Waals surface area contributed by atoms with Crippen molar-refractivity contribution in [1.82, 2.24) is 14.3 Å². The topological polar surface area (TPSA) is 100 Å². The molecule has 0 spiro atoms. The minimum atomic E-state index is -1.49. The Bertz CT molecular complexity index is 1480. The highest BCUT2D eigenvalue weighted by atomic mass is 35.5. The molecule has 2 aromatic carbocycles. The molecule has 37 heavy (non-hydrogen) atoms. The third kappa shape index (κ3) is 4.51. The summed E-state index contributed by atoms with van der Waals surface area (Å²) in [5.41, 5.74) is 1.05. The molecule has 2 unspecified atom stereocenters. The highest BCUT2D eigenvalue weighted by Gasteiger charge is 2.42. The Labute approximate surface area is 220 Å². The summed E-state index contributed by atoms with van der Waals surface area (Å²) in [6, 6.07) is 11.2. The van der Waals surface area contributed by atoms with E-state index in [0.717, 1.165) is 11.8 Å². The van der Waals surface area contributed by atoms with Crippen LogP contribution in [0.25, 0.3) is 0 Å². The number of carbonyl (C=O) groups is 2. The van der Waals surface area contributed by atoms with E-state index >= 15 is 0 Å². The van der Waals surface area contributed by atoms with Gasteiger partial charge in [-0.2, -0.15) is 0 Å². The number of rotatable bonds is 3. The molecule has 3 heterocycles. The molecule has 1 fully saturated rings. The lowest BCUT2D eigenvalue weighted by Gasteiger charge is -2.40. The van der Waals surface area contributed by atoms with E-state index in [1.165, 1.54) is 16.8 Å². The first-order valence-corrected chi connectivity index (χ1v) is 12.3. The van der Waals surface area contributed by atoms with Gasteiger partial charge in [-0.25, -0.2) is 18.9 Å². The number of fused-ring (bicyclic) bond motifs is 1. The summed E-state index contributed by atoms with van der Waals surface area (Å²) in [6.45, 7) is 3.56. The average Bonchev–Trinajstić information content (AvgIpc) is 3.20. The zero-order chi connectivity index (χ0) is 26.4. The second kappa shape index (κ2) is 9.68. The van der Waals surface area contributed by atoms with Crippen molar-refractivity contribution in [3.05, 3.63) is 80.3 Å². The van der Waals surface area contributed by atoms with Crippen LogP contribution >= 0.6 is 23.2 Å². The number of aliphatic imine (C=N–C) groups is 1. The van der Waals surface area contributed by atoms with Gasteiger partial charge in [0, 0.05) is 43.6 Å². The van der Waals surface area contributed by atoms with Gasteiger partial charge < -0.3 is 14.9 Å². The number of hydrogen-bond donors (Lipinski definition) is 1. The van der Waals surface area contributed by atoms with Gasteiger partial charge in [-0.05, 0) is 48.9 Å². The van der Waals surface area contributed by atoms with Gasteiger partial charge in [0.05, 0.1) is 16.1 Å². The number of benzene rings is 2. The van der Waals surface area contributed by atoms with Gasteiger partial charge in [-0.15, -0.1) is 4.68 Å². The fourth-order valence-corrected chi connectivity index (χ4v) is 5.29. The SMILES string of the molecule is CC1=Nc2cc(=O)n(C(=O)O)n2C(c2ccc(Cl)c(Cl)c2)C1C(=O)N1CCN(c2ccc(F)cc2)CC1. The van der Waals surface area contributed by atoms with E-state index in [1.54, 1.807) is 42.2 Å².